The highest BCUT2D eigenvalue weighted by molar-refractivity contribution is 6.06. The van der Waals surface area contributed by atoms with E-state index in [0.29, 0.717) is 27.9 Å². The number of ketones is 1. The topological polar surface area (TPSA) is 153 Å². The van der Waals surface area contributed by atoms with Gasteiger partial charge in [-0.2, -0.15) is 5.10 Å². The van der Waals surface area contributed by atoms with Crippen LogP contribution in [0.1, 0.15) is 45.6 Å². The number of primary amides is 1. The van der Waals surface area contributed by atoms with Gasteiger partial charge in [-0.05, 0) is 60.9 Å². The summed E-state index contributed by atoms with van der Waals surface area (Å²) in [6.07, 6.45) is 1.57. The van der Waals surface area contributed by atoms with Crippen molar-refractivity contribution in [1.29, 1.82) is 0 Å². The van der Waals surface area contributed by atoms with Gasteiger partial charge >= 0.3 is 0 Å². The Labute approximate surface area is 273 Å². The van der Waals surface area contributed by atoms with Gasteiger partial charge in [0.25, 0.3) is 0 Å². The van der Waals surface area contributed by atoms with E-state index in [2.05, 4.69) is 20.4 Å². The highest BCUT2D eigenvalue weighted by Gasteiger charge is 2.40. The molecule has 0 radical (unpaired) electrons. The van der Waals surface area contributed by atoms with Gasteiger partial charge in [-0.3, -0.25) is 23.9 Å². The molecule has 3 aromatic carbocycles. The second kappa shape index (κ2) is 12.7. The number of benzene rings is 3. The number of aromatic nitrogens is 4. The lowest BCUT2D eigenvalue weighted by molar-refractivity contribution is -0.137. The van der Waals surface area contributed by atoms with Gasteiger partial charge in [0.2, 0.25) is 17.7 Å². The van der Waals surface area contributed by atoms with E-state index < -0.39 is 35.8 Å². The van der Waals surface area contributed by atoms with Crippen LogP contribution in [0.2, 0.25) is 0 Å². The molecule has 3 N–H and O–H groups in total. The standard InChI is InChI=1S/C35H31F2N7O4/c1-18-7-8-22(34(38)47)12-26(18)25-5-4-6-28(32(25)37)41-35(48)30-13-24(36)16-43(30)31(46)17-44-29-10-9-21(23-14-39-20(3)40-15-23)11-27(29)33(42-44)19(2)45/h4-12,14-15,24,30H,13,16-17H2,1-3H3,(H2,38,47)(H,41,48)/t24-,30+/m1/s1. The zero-order chi connectivity index (χ0) is 34.3. The summed E-state index contributed by atoms with van der Waals surface area (Å²) < 4.78 is 31.9. The van der Waals surface area contributed by atoms with Crippen LogP contribution < -0.4 is 11.1 Å². The van der Waals surface area contributed by atoms with Crippen LogP contribution in [0, 0.1) is 19.7 Å². The molecule has 2 aromatic heterocycles. The highest BCUT2D eigenvalue weighted by atomic mass is 19.1. The van der Waals surface area contributed by atoms with Crippen LogP contribution in [0.15, 0.2) is 67.0 Å². The van der Waals surface area contributed by atoms with Crippen LogP contribution in [0.4, 0.5) is 14.5 Å². The van der Waals surface area contributed by atoms with Gasteiger partial charge in [-0.25, -0.2) is 18.7 Å². The quantitative estimate of drug-likeness (QED) is 0.229. The lowest BCUT2D eigenvalue weighted by atomic mass is 9.97. The van der Waals surface area contributed by atoms with Crippen LogP contribution in [0.5, 0.6) is 0 Å². The minimum Gasteiger partial charge on any atom is -0.366 e. The lowest BCUT2D eigenvalue weighted by Crippen LogP contribution is -2.44. The number of fused-ring (bicyclic) bond motifs is 1. The molecule has 13 heteroatoms. The number of amides is 3. The van der Waals surface area contributed by atoms with E-state index in [1.807, 2.05) is 0 Å². The second-order valence-corrected chi connectivity index (χ2v) is 11.8. The van der Waals surface area contributed by atoms with Crippen LogP contribution in [-0.2, 0) is 16.1 Å². The molecule has 0 bridgehead atoms. The molecule has 0 spiro atoms. The van der Waals surface area contributed by atoms with Crippen molar-refractivity contribution in [3.8, 4) is 22.3 Å². The Balaban J connectivity index is 1.25. The molecule has 244 valence electrons. The third-order valence-electron chi connectivity index (χ3n) is 8.43. The fourth-order valence-electron chi connectivity index (χ4n) is 5.93. The van der Waals surface area contributed by atoms with E-state index in [0.717, 1.165) is 16.0 Å². The number of halogens is 2. The number of aryl methyl sites for hydroxylation is 2. The zero-order valence-corrected chi connectivity index (χ0v) is 26.3. The first-order chi connectivity index (χ1) is 22.9. The summed E-state index contributed by atoms with van der Waals surface area (Å²) in [4.78, 5) is 60.9. The third-order valence-corrected chi connectivity index (χ3v) is 8.43. The summed E-state index contributed by atoms with van der Waals surface area (Å²) in [6, 6.07) is 13.1. The Morgan fingerprint density at radius 1 is 0.979 bits per heavy atom. The zero-order valence-electron chi connectivity index (χ0n) is 26.3. The van der Waals surface area contributed by atoms with E-state index in [4.69, 9.17) is 5.73 Å². The molecule has 3 amide bonds. The van der Waals surface area contributed by atoms with Gasteiger partial charge < -0.3 is 16.0 Å². The number of nitrogens with one attached hydrogen (secondary N) is 1. The largest absolute Gasteiger partial charge is 0.366 e. The fraction of sp³-hybridized carbons (Fsp3) is 0.229. The van der Waals surface area contributed by atoms with Crippen molar-refractivity contribution in [2.45, 2.75) is 46.0 Å². The maximum absolute atomic E-state index is 15.8. The van der Waals surface area contributed by atoms with Gasteiger partial charge in [0.1, 0.15) is 30.3 Å². The first kappa shape index (κ1) is 32.1. The number of alkyl halides is 1. The molecular formula is C35H31F2N7O4. The third kappa shape index (κ3) is 6.14. The van der Waals surface area contributed by atoms with E-state index >= 15 is 4.39 Å². The predicted octanol–water partition coefficient (Wildman–Crippen LogP) is 4.80. The maximum Gasteiger partial charge on any atom is 0.248 e. The van der Waals surface area contributed by atoms with Crippen LogP contribution in [0.3, 0.4) is 0 Å². The first-order valence-electron chi connectivity index (χ1n) is 15.2. The van der Waals surface area contributed by atoms with Gasteiger partial charge in [0, 0.05) is 47.8 Å². The predicted molar refractivity (Wildman–Crippen MR) is 174 cm³/mol. The highest BCUT2D eigenvalue weighted by Crippen LogP contribution is 2.32. The smallest absolute Gasteiger partial charge is 0.248 e. The number of hydrogen-bond donors (Lipinski definition) is 2. The van der Waals surface area contributed by atoms with Gasteiger partial charge in [-0.15, -0.1) is 0 Å². The number of nitrogens with zero attached hydrogens (tertiary/aromatic N) is 5. The molecule has 1 aliphatic rings. The number of rotatable bonds is 8. The Hall–Kier alpha value is -5.85. The van der Waals surface area contributed by atoms with E-state index in [-0.39, 0.29) is 47.8 Å². The van der Waals surface area contributed by atoms with E-state index in [9.17, 15) is 23.6 Å². The monoisotopic (exact) mass is 651 g/mol. The maximum atomic E-state index is 15.8. The molecule has 0 aliphatic carbocycles. The number of anilines is 1. The summed E-state index contributed by atoms with van der Waals surface area (Å²) >= 11 is 0. The summed E-state index contributed by atoms with van der Waals surface area (Å²) in [5.74, 6) is -2.50. The van der Waals surface area contributed by atoms with E-state index in [1.165, 1.54) is 41.9 Å². The Bertz CT molecular complexity index is 2110. The average Bonchev–Trinajstić information content (AvgIpc) is 3.63. The molecule has 1 saturated heterocycles. The first-order valence-corrected chi connectivity index (χ1v) is 15.2. The van der Waals surface area contributed by atoms with Crippen molar-refractivity contribution in [1.82, 2.24) is 24.6 Å². The molecule has 0 saturated carbocycles. The van der Waals surface area contributed by atoms with Crippen molar-refractivity contribution < 1.29 is 28.0 Å². The number of hydrogen-bond acceptors (Lipinski definition) is 7. The van der Waals surface area contributed by atoms with Crippen LogP contribution in [-0.4, -0.2) is 66.9 Å². The molecule has 0 unspecified atom stereocenters. The molecule has 11 nitrogen and oxygen atoms in total. The SMILES string of the molecule is CC(=O)c1nn(CC(=O)N2C[C@H](F)C[C@H]2C(=O)Nc2cccc(-c3cc(C(N)=O)ccc3C)c2F)c2ccc(-c3cnc(C)nc3)cc12. The fourth-order valence-corrected chi connectivity index (χ4v) is 5.93. The summed E-state index contributed by atoms with van der Waals surface area (Å²) in [5.41, 5.74) is 8.78. The van der Waals surface area contributed by atoms with Crippen LogP contribution >= 0.6 is 0 Å². The molecular weight excluding hydrogens is 620 g/mol. The molecule has 3 heterocycles. The van der Waals surface area contributed by atoms with E-state index in [1.54, 1.807) is 50.5 Å². The molecule has 1 fully saturated rings. The number of carbonyl (C=O) groups is 4. The molecule has 1 aliphatic heterocycles. The van der Waals surface area contributed by atoms with Crippen molar-refractivity contribution in [3.63, 3.8) is 0 Å². The van der Waals surface area contributed by atoms with Crippen LogP contribution in [0.25, 0.3) is 33.2 Å². The average molecular weight is 652 g/mol. The second-order valence-electron chi connectivity index (χ2n) is 11.8. The van der Waals surface area contributed by atoms with Crippen molar-refractivity contribution in [3.05, 3.63) is 95.5 Å². The van der Waals surface area contributed by atoms with Gasteiger partial charge in [0.05, 0.1) is 17.7 Å². The minimum absolute atomic E-state index is 0.126. The normalized spacial score (nSPS) is 15.9. The van der Waals surface area contributed by atoms with Crippen molar-refractivity contribution in [2.75, 3.05) is 11.9 Å². The number of nitrogens with two attached hydrogens (primary N) is 1. The molecule has 48 heavy (non-hydrogen) atoms. The number of likely N-dealkylation sites (tertiary alicyclic amines) is 1. The molecule has 2 atom stereocenters. The summed E-state index contributed by atoms with van der Waals surface area (Å²) in [5, 5.41) is 7.43. The minimum atomic E-state index is -1.48. The Morgan fingerprint density at radius 3 is 2.44 bits per heavy atom. The lowest BCUT2D eigenvalue weighted by Gasteiger charge is -2.24. The number of carbonyl (C=O) groups excluding carboxylic acids is 4. The molecule has 5 aromatic rings. The van der Waals surface area contributed by atoms with Crippen molar-refractivity contribution >= 4 is 40.1 Å². The summed E-state index contributed by atoms with van der Waals surface area (Å²) in [7, 11) is 0. The molecule has 6 rings (SSSR count). The summed E-state index contributed by atoms with van der Waals surface area (Å²) in [6.45, 7) is 4.18. The van der Waals surface area contributed by atoms with Gasteiger partial charge in [0.15, 0.2) is 11.6 Å². The Kier molecular flexibility index (Phi) is 8.52. The number of Topliss-reactive ketones (excluding diaryl/α,β-unsaturated/α-hetero) is 1. The van der Waals surface area contributed by atoms with Crippen molar-refractivity contribution in [2.24, 2.45) is 5.73 Å². The van der Waals surface area contributed by atoms with Gasteiger partial charge in [-0.1, -0.05) is 24.3 Å². The Morgan fingerprint density at radius 2 is 1.73 bits per heavy atom.